The molecule has 0 aliphatic heterocycles. The maximum Gasteiger partial charge on any atom is 0.256 e. The van der Waals surface area contributed by atoms with E-state index in [4.69, 9.17) is 10.1 Å². The number of anilines is 1. The first kappa shape index (κ1) is 20.4. The zero-order chi connectivity index (χ0) is 23.2. The zero-order valence-electron chi connectivity index (χ0n) is 19.1. The molecule has 1 aliphatic rings. The molecule has 3 aromatic heterocycles. The van der Waals surface area contributed by atoms with Gasteiger partial charge in [0.15, 0.2) is 5.65 Å². The number of aromatic nitrogens is 5. The van der Waals surface area contributed by atoms with Gasteiger partial charge in [-0.1, -0.05) is 18.2 Å². The molecule has 0 atom stereocenters. The Labute approximate surface area is 197 Å². The highest BCUT2D eigenvalue weighted by atomic mass is 16.1. The fraction of sp³-hybridized carbons (Fsp3) is 0.185. The lowest BCUT2D eigenvalue weighted by atomic mass is 10.1. The minimum absolute atomic E-state index is 0.156. The highest BCUT2D eigenvalue weighted by Crippen LogP contribution is 2.40. The third kappa shape index (κ3) is 3.55. The molecule has 168 valence electrons. The molecule has 0 bridgehead atoms. The minimum atomic E-state index is -0.156. The summed E-state index contributed by atoms with van der Waals surface area (Å²) in [6.45, 7) is 3.89. The molecule has 2 aromatic carbocycles. The number of carbonyl (C=O) groups excluding carboxylic acids is 1. The summed E-state index contributed by atoms with van der Waals surface area (Å²) in [4.78, 5) is 22.7. The van der Waals surface area contributed by atoms with Gasteiger partial charge in [0.2, 0.25) is 0 Å². The summed E-state index contributed by atoms with van der Waals surface area (Å²) in [5.41, 5.74) is 5.74. The summed E-state index contributed by atoms with van der Waals surface area (Å²) in [6.07, 6.45) is 5.90. The fourth-order valence-electron chi connectivity index (χ4n) is 4.38. The highest BCUT2D eigenvalue weighted by molar-refractivity contribution is 6.12. The topological polar surface area (TPSA) is 77.6 Å². The molecule has 34 heavy (non-hydrogen) atoms. The monoisotopic (exact) mass is 448 g/mol. The Kier molecular flexibility index (Phi) is 4.76. The van der Waals surface area contributed by atoms with Gasteiger partial charge in [0.05, 0.1) is 22.3 Å². The maximum absolute atomic E-state index is 13.5. The molecule has 1 saturated carbocycles. The van der Waals surface area contributed by atoms with Crippen LogP contribution in [0.15, 0.2) is 73.1 Å². The van der Waals surface area contributed by atoms with Crippen molar-refractivity contribution in [2.45, 2.75) is 32.6 Å². The number of hydrogen-bond donors (Lipinski definition) is 1. The van der Waals surface area contributed by atoms with Crippen LogP contribution in [-0.2, 0) is 0 Å². The van der Waals surface area contributed by atoms with E-state index in [1.165, 1.54) is 0 Å². The number of para-hydroxylation sites is 1. The van der Waals surface area contributed by atoms with Crippen LogP contribution in [0.3, 0.4) is 0 Å². The predicted molar refractivity (Wildman–Crippen MR) is 132 cm³/mol. The normalized spacial score (nSPS) is 13.4. The Morgan fingerprint density at radius 1 is 1.00 bits per heavy atom. The fourth-order valence-corrected chi connectivity index (χ4v) is 4.38. The average molecular weight is 449 g/mol. The first-order valence-electron chi connectivity index (χ1n) is 11.5. The van der Waals surface area contributed by atoms with Crippen molar-refractivity contribution in [3.8, 4) is 11.4 Å². The molecule has 0 saturated heterocycles. The lowest BCUT2D eigenvalue weighted by Gasteiger charge is -2.11. The largest absolute Gasteiger partial charge is 0.322 e. The lowest BCUT2D eigenvalue weighted by molar-refractivity contribution is 0.102. The van der Waals surface area contributed by atoms with Crippen molar-refractivity contribution in [2.75, 3.05) is 5.32 Å². The Morgan fingerprint density at radius 3 is 2.44 bits per heavy atom. The van der Waals surface area contributed by atoms with Crippen molar-refractivity contribution >= 4 is 22.6 Å². The quantitative estimate of drug-likeness (QED) is 0.393. The molecule has 6 rings (SSSR count). The summed E-state index contributed by atoms with van der Waals surface area (Å²) < 4.78 is 3.84. The number of aryl methyl sites for hydroxylation is 2. The molecule has 1 aliphatic carbocycles. The van der Waals surface area contributed by atoms with Crippen LogP contribution in [0.5, 0.6) is 0 Å². The molecule has 1 fully saturated rings. The van der Waals surface area contributed by atoms with E-state index in [0.29, 0.717) is 11.5 Å². The molecule has 1 amide bonds. The highest BCUT2D eigenvalue weighted by Gasteiger charge is 2.29. The van der Waals surface area contributed by atoms with Crippen LogP contribution >= 0.6 is 0 Å². The van der Waals surface area contributed by atoms with Crippen LogP contribution < -0.4 is 5.32 Å². The van der Waals surface area contributed by atoms with Crippen molar-refractivity contribution in [3.05, 3.63) is 95.8 Å². The van der Waals surface area contributed by atoms with Gasteiger partial charge in [-0.05, 0) is 69.2 Å². The predicted octanol–water partition coefficient (Wildman–Crippen LogP) is 5.35. The van der Waals surface area contributed by atoms with Crippen molar-refractivity contribution in [1.29, 1.82) is 0 Å². The van der Waals surface area contributed by atoms with E-state index in [9.17, 15) is 4.79 Å². The van der Waals surface area contributed by atoms with Gasteiger partial charge in [-0.2, -0.15) is 5.10 Å². The first-order valence-corrected chi connectivity index (χ1v) is 11.5. The van der Waals surface area contributed by atoms with Gasteiger partial charge in [0.1, 0.15) is 5.82 Å². The molecule has 0 radical (unpaired) electrons. The van der Waals surface area contributed by atoms with Gasteiger partial charge in [-0.25, -0.2) is 14.6 Å². The zero-order valence-corrected chi connectivity index (χ0v) is 19.1. The summed E-state index contributed by atoms with van der Waals surface area (Å²) in [7, 11) is 0. The van der Waals surface area contributed by atoms with Gasteiger partial charge in [0.25, 0.3) is 5.91 Å². The molecule has 7 nitrogen and oxygen atoms in total. The number of nitrogens with one attached hydrogen (secondary N) is 1. The summed E-state index contributed by atoms with van der Waals surface area (Å²) in [6, 6.07) is 19.6. The van der Waals surface area contributed by atoms with Crippen LogP contribution in [0.1, 0.15) is 46.3 Å². The van der Waals surface area contributed by atoms with E-state index >= 15 is 0 Å². The smallest absolute Gasteiger partial charge is 0.256 e. The average Bonchev–Trinajstić information content (AvgIpc) is 3.54. The molecular formula is C27H24N6O. The molecule has 0 unspecified atom stereocenters. The molecule has 1 N–H and O–H groups in total. The number of fused-ring (bicyclic) bond motifs is 1. The van der Waals surface area contributed by atoms with Gasteiger partial charge in [0, 0.05) is 35.4 Å². The van der Waals surface area contributed by atoms with E-state index in [1.807, 2.05) is 90.0 Å². The first-order chi connectivity index (χ1) is 16.6. The van der Waals surface area contributed by atoms with Crippen LogP contribution in [0, 0.1) is 13.8 Å². The Hall–Kier alpha value is -4.26. The van der Waals surface area contributed by atoms with Gasteiger partial charge >= 0.3 is 0 Å². The van der Waals surface area contributed by atoms with E-state index in [-0.39, 0.29) is 5.91 Å². The van der Waals surface area contributed by atoms with Crippen molar-refractivity contribution < 1.29 is 4.79 Å². The van der Waals surface area contributed by atoms with E-state index in [0.717, 1.165) is 58.1 Å². The standard InChI is InChI=1S/C27H24N6O/c1-17-25-23(27(34)29-20-10-12-21(13-11-20)32-15-14-28-18(32)2)16-24(19-8-9-19)30-26(25)33(31-17)22-6-4-3-5-7-22/h3-7,10-16,19H,8-9H2,1-2H3,(H,29,34). The van der Waals surface area contributed by atoms with E-state index in [1.54, 1.807) is 6.20 Å². The second-order valence-electron chi connectivity index (χ2n) is 8.75. The third-order valence-electron chi connectivity index (χ3n) is 6.30. The number of nitrogens with zero attached hydrogens (tertiary/aromatic N) is 5. The second kappa shape index (κ2) is 7.95. The maximum atomic E-state index is 13.5. The Bertz CT molecular complexity index is 1510. The van der Waals surface area contributed by atoms with Crippen molar-refractivity contribution in [3.63, 3.8) is 0 Å². The van der Waals surface area contributed by atoms with E-state index < -0.39 is 0 Å². The molecule has 0 spiro atoms. The second-order valence-corrected chi connectivity index (χ2v) is 8.75. The molecule has 7 heteroatoms. The summed E-state index contributed by atoms with van der Waals surface area (Å²) in [5.74, 6) is 1.17. The summed E-state index contributed by atoms with van der Waals surface area (Å²) >= 11 is 0. The molecule has 5 aromatic rings. The Morgan fingerprint density at radius 2 is 1.76 bits per heavy atom. The number of benzene rings is 2. The molecule has 3 heterocycles. The third-order valence-corrected chi connectivity index (χ3v) is 6.30. The number of imidazole rings is 1. The number of amides is 1. The summed E-state index contributed by atoms with van der Waals surface area (Å²) in [5, 5.41) is 8.60. The van der Waals surface area contributed by atoms with Crippen LogP contribution in [-0.4, -0.2) is 30.2 Å². The van der Waals surface area contributed by atoms with Gasteiger partial charge in [-0.3, -0.25) is 4.79 Å². The number of hydrogen-bond acceptors (Lipinski definition) is 4. The number of rotatable bonds is 5. The number of pyridine rings is 1. The minimum Gasteiger partial charge on any atom is -0.322 e. The Balaban J connectivity index is 1.39. The van der Waals surface area contributed by atoms with Crippen molar-refractivity contribution in [2.24, 2.45) is 0 Å². The number of carbonyl (C=O) groups is 1. The lowest BCUT2D eigenvalue weighted by Crippen LogP contribution is -2.14. The van der Waals surface area contributed by atoms with Crippen LogP contribution in [0.4, 0.5) is 5.69 Å². The van der Waals surface area contributed by atoms with Crippen LogP contribution in [0.25, 0.3) is 22.4 Å². The molecular weight excluding hydrogens is 424 g/mol. The van der Waals surface area contributed by atoms with Crippen molar-refractivity contribution in [1.82, 2.24) is 24.3 Å². The van der Waals surface area contributed by atoms with Crippen LogP contribution in [0.2, 0.25) is 0 Å². The van der Waals surface area contributed by atoms with Gasteiger partial charge in [-0.15, -0.1) is 0 Å². The SMILES string of the molecule is Cc1nn(-c2ccccc2)c2nc(C3CC3)cc(C(=O)Nc3ccc(-n4ccnc4C)cc3)c12. The van der Waals surface area contributed by atoms with E-state index in [2.05, 4.69) is 10.3 Å². The van der Waals surface area contributed by atoms with Gasteiger partial charge < -0.3 is 9.88 Å².